The molecule has 1 aromatic rings. The minimum Gasteiger partial charge on any atom is -0.314 e. The SMILES string of the molecule is Fc1ccc(F)c([C@@H](CCC(F)(F)F)N2CCNCC2)c1F. The van der Waals surface area contributed by atoms with E-state index in [0.717, 1.165) is 6.07 Å². The molecular weight excluding hydrogens is 310 g/mol. The standard InChI is InChI=1S/C14H16F6N2/c15-9-1-2-10(16)13(17)12(9)11(3-4-14(18,19)20)22-7-5-21-6-8-22/h1-2,11,21H,3-8H2/t11-/m1/s1. The second-order valence-corrected chi connectivity index (χ2v) is 5.21. The van der Waals surface area contributed by atoms with Crippen LogP contribution in [0.25, 0.3) is 0 Å². The van der Waals surface area contributed by atoms with Gasteiger partial charge in [0.25, 0.3) is 0 Å². The number of benzene rings is 1. The Morgan fingerprint density at radius 2 is 1.64 bits per heavy atom. The fourth-order valence-electron chi connectivity index (χ4n) is 2.65. The smallest absolute Gasteiger partial charge is 0.314 e. The van der Waals surface area contributed by atoms with Crippen molar-refractivity contribution in [3.63, 3.8) is 0 Å². The first kappa shape index (κ1) is 17.1. The highest BCUT2D eigenvalue weighted by Gasteiger charge is 2.34. The molecule has 0 aromatic heterocycles. The van der Waals surface area contributed by atoms with Gasteiger partial charge in [0.1, 0.15) is 5.82 Å². The molecule has 0 amide bonds. The largest absolute Gasteiger partial charge is 0.389 e. The first-order chi connectivity index (χ1) is 10.3. The molecule has 124 valence electrons. The van der Waals surface area contributed by atoms with Crippen molar-refractivity contribution in [1.82, 2.24) is 10.2 Å². The third-order valence-electron chi connectivity index (χ3n) is 3.71. The van der Waals surface area contributed by atoms with Crippen molar-refractivity contribution in [2.75, 3.05) is 26.2 Å². The number of nitrogens with zero attached hydrogens (tertiary/aromatic N) is 1. The third-order valence-corrected chi connectivity index (χ3v) is 3.71. The molecule has 0 spiro atoms. The molecule has 1 fully saturated rings. The van der Waals surface area contributed by atoms with E-state index in [4.69, 9.17) is 0 Å². The van der Waals surface area contributed by atoms with Crippen molar-refractivity contribution in [3.05, 3.63) is 35.1 Å². The molecule has 0 unspecified atom stereocenters. The molecule has 0 bridgehead atoms. The van der Waals surface area contributed by atoms with Crippen LogP contribution >= 0.6 is 0 Å². The van der Waals surface area contributed by atoms with Gasteiger partial charge in [-0.05, 0) is 18.6 Å². The Bertz CT molecular complexity index is 511. The lowest BCUT2D eigenvalue weighted by molar-refractivity contribution is -0.138. The average molecular weight is 326 g/mol. The monoisotopic (exact) mass is 326 g/mol. The van der Waals surface area contributed by atoms with Crippen molar-refractivity contribution >= 4 is 0 Å². The minimum atomic E-state index is -4.44. The molecule has 0 saturated carbocycles. The Morgan fingerprint density at radius 1 is 1.05 bits per heavy atom. The maximum Gasteiger partial charge on any atom is 0.389 e. The fourth-order valence-corrected chi connectivity index (χ4v) is 2.65. The lowest BCUT2D eigenvalue weighted by Crippen LogP contribution is -2.45. The molecule has 1 aromatic carbocycles. The number of hydrogen-bond acceptors (Lipinski definition) is 2. The molecule has 1 N–H and O–H groups in total. The molecule has 1 aliphatic heterocycles. The molecule has 0 radical (unpaired) electrons. The topological polar surface area (TPSA) is 15.3 Å². The molecule has 2 rings (SSSR count). The van der Waals surface area contributed by atoms with E-state index in [1.165, 1.54) is 0 Å². The van der Waals surface area contributed by atoms with Crippen LogP contribution in [0.5, 0.6) is 0 Å². The second-order valence-electron chi connectivity index (χ2n) is 5.21. The van der Waals surface area contributed by atoms with E-state index in [1.807, 2.05) is 0 Å². The van der Waals surface area contributed by atoms with Gasteiger partial charge in [0.05, 0.1) is 0 Å². The van der Waals surface area contributed by atoms with Crippen LogP contribution in [-0.2, 0) is 0 Å². The Labute approximate surface area is 124 Å². The summed E-state index contributed by atoms with van der Waals surface area (Å²) in [5.41, 5.74) is -0.619. The second kappa shape index (κ2) is 6.87. The number of piperazine rings is 1. The van der Waals surface area contributed by atoms with E-state index >= 15 is 0 Å². The van der Waals surface area contributed by atoms with Crippen molar-refractivity contribution in [1.29, 1.82) is 0 Å². The first-order valence-corrected chi connectivity index (χ1v) is 6.94. The van der Waals surface area contributed by atoms with E-state index in [1.54, 1.807) is 4.90 Å². The van der Waals surface area contributed by atoms with Gasteiger partial charge in [-0.3, -0.25) is 4.90 Å². The molecule has 1 saturated heterocycles. The number of nitrogens with one attached hydrogen (secondary N) is 1. The maximum atomic E-state index is 13.9. The van der Waals surface area contributed by atoms with Gasteiger partial charge >= 0.3 is 6.18 Å². The fraction of sp³-hybridized carbons (Fsp3) is 0.571. The van der Waals surface area contributed by atoms with Crippen LogP contribution < -0.4 is 5.32 Å². The van der Waals surface area contributed by atoms with Crippen molar-refractivity contribution < 1.29 is 26.3 Å². The Hall–Kier alpha value is -1.28. The Morgan fingerprint density at radius 3 is 2.23 bits per heavy atom. The van der Waals surface area contributed by atoms with Gasteiger partial charge in [-0.25, -0.2) is 13.2 Å². The molecule has 1 aliphatic rings. The minimum absolute atomic E-state index is 0.345. The summed E-state index contributed by atoms with van der Waals surface area (Å²) < 4.78 is 78.7. The third kappa shape index (κ3) is 4.13. The quantitative estimate of drug-likeness (QED) is 0.674. The molecule has 0 aliphatic carbocycles. The summed E-state index contributed by atoms with van der Waals surface area (Å²) in [6.45, 7) is 1.69. The van der Waals surface area contributed by atoms with Crippen LogP contribution in [0, 0.1) is 17.5 Å². The van der Waals surface area contributed by atoms with Crippen LogP contribution in [-0.4, -0.2) is 37.3 Å². The number of hydrogen-bond donors (Lipinski definition) is 1. The molecule has 1 heterocycles. The summed E-state index contributed by atoms with van der Waals surface area (Å²) in [6, 6.07) is 0.239. The molecule has 22 heavy (non-hydrogen) atoms. The van der Waals surface area contributed by atoms with E-state index in [2.05, 4.69) is 5.32 Å². The van der Waals surface area contributed by atoms with Crippen molar-refractivity contribution in [2.45, 2.75) is 25.1 Å². The van der Waals surface area contributed by atoms with Gasteiger partial charge in [-0.2, -0.15) is 13.2 Å². The van der Waals surface area contributed by atoms with Gasteiger partial charge in [0, 0.05) is 44.2 Å². The van der Waals surface area contributed by atoms with Gasteiger partial charge in [-0.1, -0.05) is 0 Å². The van der Waals surface area contributed by atoms with E-state index in [0.29, 0.717) is 32.2 Å². The lowest BCUT2D eigenvalue weighted by atomic mass is 9.98. The van der Waals surface area contributed by atoms with Crippen LogP contribution in [0.4, 0.5) is 26.3 Å². The zero-order valence-electron chi connectivity index (χ0n) is 11.7. The predicted molar refractivity (Wildman–Crippen MR) is 68.8 cm³/mol. The molecule has 8 heteroatoms. The van der Waals surface area contributed by atoms with E-state index in [9.17, 15) is 26.3 Å². The van der Waals surface area contributed by atoms with Crippen LogP contribution in [0.15, 0.2) is 12.1 Å². The highest BCUT2D eigenvalue weighted by atomic mass is 19.4. The molecule has 2 nitrogen and oxygen atoms in total. The summed E-state index contributed by atoms with van der Waals surface area (Å²) >= 11 is 0. The van der Waals surface area contributed by atoms with Gasteiger partial charge in [0.15, 0.2) is 11.6 Å². The molecule has 1 atom stereocenters. The summed E-state index contributed by atoms with van der Waals surface area (Å²) in [6.07, 6.45) is -6.13. The van der Waals surface area contributed by atoms with Gasteiger partial charge in [-0.15, -0.1) is 0 Å². The van der Waals surface area contributed by atoms with Crippen LogP contribution in [0.1, 0.15) is 24.4 Å². The number of alkyl halides is 3. The van der Waals surface area contributed by atoms with Crippen molar-refractivity contribution in [3.8, 4) is 0 Å². The highest BCUT2D eigenvalue weighted by molar-refractivity contribution is 5.25. The summed E-state index contributed by atoms with van der Waals surface area (Å²) in [5, 5.41) is 3.01. The van der Waals surface area contributed by atoms with E-state index in [-0.39, 0.29) is 0 Å². The maximum absolute atomic E-state index is 13.9. The molecular formula is C14H16F6N2. The summed E-state index contributed by atoms with van der Waals surface area (Å²) in [4.78, 5) is 1.56. The zero-order chi connectivity index (χ0) is 16.3. The Balaban J connectivity index is 2.32. The summed E-state index contributed by atoms with van der Waals surface area (Å²) in [5.74, 6) is -3.70. The Kier molecular flexibility index (Phi) is 5.33. The normalized spacial score (nSPS) is 18.5. The van der Waals surface area contributed by atoms with Gasteiger partial charge < -0.3 is 5.32 Å². The summed E-state index contributed by atoms with van der Waals surface area (Å²) in [7, 11) is 0. The first-order valence-electron chi connectivity index (χ1n) is 6.94. The zero-order valence-corrected chi connectivity index (χ0v) is 11.7. The van der Waals surface area contributed by atoms with Gasteiger partial charge in [0.2, 0.25) is 0 Å². The van der Waals surface area contributed by atoms with E-state index < -0.39 is 48.1 Å². The number of rotatable bonds is 4. The van der Waals surface area contributed by atoms with Crippen molar-refractivity contribution in [2.24, 2.45) is 0 Å². The average Bonchev–Trinajstić information content (AvgIpc) is 2.46. The highest BCUT2D eigenvalue weighted by Crippen LogP contribution is 2.34. The van der Waals surface area contributed by atoms with Crippen LogP contribution in [0.2, 0.25) is 0 Å². The van der Waals surface area contributed by atoms with Crippen LogP contribution in [0.3, 0.4) is 0 Å². The predicted octanol–water partition coefficient (Wildman–Crippen LogP) is 3.39. The number of halogens is 6. The lowest BCUT2D eigenvalue weighted by Gasteiger charge is -2.35.